The first-order chi connectivity index (χ1) is 12.9. The van der Waals surface area contributed by atoms with Gasteiger partial charge >= 0.3 is 0 Å². The van der Waals surface area contributed by atoms with Crippen LogP contribution in [-0.4, -0.2) is 10.9 Å². The average Bonchev–Trinajstić information content (AvgIpc) is 3.09. The molecule has 0 atom stereocenters. The Hall–Kier alpha value is -2.14. The number of rotatable bonds is 5. The van der Waals surface area contributed by atoms with E-state index in [-0.39, 0.29) is 5.91 Å². The summed E-state index contributed by atoms with van der Waals surface area (Å²) in [7, 11) is 0. The number of nitrogens with zero attached hydrogens (tertiary/aromatic N) is 1. The highest BCUT2D eigenvalue weighted by Crippen LogP contribution is 2.27. The highest BCUT2D eigenvalue weighted by Gasteiger charge is 2.08. The molecule has 1 heterocycles. The Morgan fingerprint density at radius 3 is 2.41 bits per heavy atom. The first-order valence-corrected chi connectivity index (χ1v) is 10.1. The summed E-state index contributed by atoms with van der Waals surface area (Å²) in [6.45, 7) is 4.32. The van der Waals surface area contributed by atoms with Gasteiger partial charge < -0.3 is 0 Å². The number of benzene rings is 2. The van der Waals surface area contributed by atoms with E-state index >= 15 is 0 Å². The highest BCUT2D eigenvalue weighted by molar-refractivity contribution is 7.14. The van der Waals surface area contributed by atoms with E-state index in [1.54, 1.807) is 24.3 Å². The van der Waals surface area contributed by atoms with Gasteiger partial charge in [-0.3, -0.25) is 10.1 Å². The topological polar surface area (TPSA) is 42.0 Å². The Kier molecular flexibility index (Phi) is 6.32. The van der Waals surface area contributed by atoms with E-state index < -0.39 is 0 Å². The number of nitrogens with one attached hydrogen (secondary N) is 1. The van der Waals surface area contributed by atoms with Crippen molar-refractivity contribution in [2.24, 2.45) is 0 Å². The maximum Gasteiger partial charge on any atom is 0.250 e. The third-order valence-corrected chi connectivity index (χ3v) is 5.43. The number of thiazole rings is 1. The zero-order valence-corrected chi connectivity index (χ0v) is 17.2. The van der Waals surface area contributed by atoms with Gasteiger partial charge in [-0.2, -0.15) is 0 Å². The Bertz CT molecular complexity index is 958. The molecule has 0 spiro atoms. The number of carbonyl (C=O) groups is 1. The molecule has 0 unspecified atom stereocenters. The monoisotopic (exact) mass is 416 g/mol. The van der Waals surface area contributed by atoms with Gasteiger partial charge in [-0.15, -0.1) is 11.3 Å². The van der Waals surface area contributed by atoms with Crippen LogP contribution >= 0.6 is 34.5 Å². The number of halogens is 2. The smallest absolute Gasteiger partial charge is 0.250 e. The molecule has 1 N–H and O–H groups in total. The van der Waals surface area contributed by atoms with Crippen molar-refractivity contribution in [3.05, 3.63) is 75.1 Å². The minimum absolute atomic E-state index is 0.290. The normalized spacial score (nSPS) is 11.3. The van der Waals surface area contributed by atoms with Crippen LogP contribution in [0.4, 0.5) is 5.13 Å². The Balaban J connectivity index is 1.68. The molecule has 0 bridgehead atoms. The van der Waals surface area contributed by atoms with Crippen LogP contribution in [0.15, 0.2) is 53.9 Å². The lowest BCUT2D eigenvalue weighted by Gasteiger charge is -2.05. The van der Waals surface area contributed by atoms with E-state index in [0.717, 1.165) is 11.3 Å². The number of aromatic nitrogens is 1. The van der Waals surface area contributed by atoms with Gasteiger partial charge in [0.1, 0.15) is 0 Å². The third kappa shape index (κ3) is 4.98. The Labute approximate surface area is 172 Å². The highest BCUT2D eigenvalue weighted by atomic mass is 35.5. The van der Waals surface area contributed by atoms with Crippen LogP contribution < -0.4 is 5.32 Å². The molecular formula is C21H18Cl2N2OS. The maximum absolute atomic E-state index is 12.2. The van der Waals surface area contributed by atoms with Gasteiger partial charge in [0, 0.05) is 32.6 Å². The minimum Gasteiger partial charge on any atom is -0.298 e. The van der Waals surface area contributed by atoms with Crippen LogP contribution in [0.1, 0.15) is 30.9 Å². The fraction of sp³-hybridized carbons (Fsp3) is 0.143. The van der Waals surface area contributed by atoms with E-state index in [1.165, 1.54) is 23.0 Å². The number of amides is 1. The fourth-order valence-electron chi connectivity index (χ4n) is 2.48. The Morgan fingerprint density at radius 1 is 1.11 bits per heavy atom. The Morgan fingerprint density at radius 2 is 1.78 bits per heavy atom. The van der Waals surface area contributed by atoms with Crippen LogP contribution in [0.3, 0.4) is 0 Å². The molecule has 138 valence electrons. The molecule has 0 radical (unpaired) electrons. The van der Waals surface area contributed by atoms with Crippen molar-refractivity contribution in [1.29, 1.82) is 0 Å². The fourth-order valence-corrected chi connectivity index (χ4v) is 3.72. The second-order valence-electron chi connectivity index (χ2n) is 6.27. The molecule has 0 aliphatic rings. The zero-order chi connectivity index (χ0) is 19.4. The lowest BCUT2D eigenvalue weighted by Crippen LogP contribution is -2.07. The second-order valence-corrected chi connectivity index (χ2v) is 7.95. The number of anilines is 1. The van der Waals surface area contributed by atoms with Gasteiger partial charge in [-0.1, -0.05) is 67.4 Å². The lowest BCUT2D eigenvalue weighted by atomic mass is 10.0. The average molecular weight is 417 g/mol. The van der Waals surface area contributed by atoms with Crippen molar-refractivity contribution in [2.45, 2.75) is 19.8 Å². The van der Waals surface area contributed by atoms with Crippen molar-refractivity contribution in [3.63, 3.8) is 0 Å². The van der Waals surface area contributed by atoms with Gasteiger partial charge in [0.25, 0.3) is 0 Å². The molecule has 3 aromatic rings. The van der Waals surface area contributed by atoms with Crippen molar-refractivity contribution in [1.82, 2.24) is 4.98 Å². The summed E-state index contributed by atoms with van der Waals surface area (Å²) in [5, 5.41) is 6.22. The first-order valence-electron chi connectivity index (χ1n) is 8.43. The molecule has 3 nitrogen and oxygen atoms in total. The quantitative estimate of drug-likeness (QED) is 0.459. The number of carbonyl (C=O) groups excluding carboxylic acids is 1. The molecule has 0 aliphatic carbocycles. The van der Waals surface area contributed by atoms with Crippen LogP contribution in [0.25, 0.3) is 17.3 Å². The summed E-state index contributed by atoms with van der Waals surface area (Å²) in [4.78, 5) is 16.6. The van der Waals surface area contributed by atoms with Crippen LogP contribution in [0.5, 0.6) is 0 Å². The van der Waals surface area contributed by atoms with Gasteiger partial charge in [-0.05, 0) is 29.7 Å². The molecule has 27 heavy (non-hydrogen) atoms. The van der Waals surface area contributed by atoms with E-state index in [0.29, 0.717) is 26.7 Å². The minimum atomic E-state index is -0.290. The third-order valence-electron chi connectivity index (χ3n) is 4.01. The van der Waals surface area contributed by atoms with Crippen molar-refractivity contribution in [3.8, 4) is 11.3 Å². The molecule has 0 fully saturated rings. The summed E-state index contributed by atoms with van der Waals surface area (Å²) in [6.07, 6.45) is 2.99. The van der Waals surface area contributed by atoms with Gasteiger partial charge in [-0.25, -0.2) is 4.98 Å². The molecular weight excluding hydrogens is 399 g/mol. The standard InChI is InChI=1S/C21H18Cl2N2OS/c1-13(2)14-6-8-15(9-7-14)19-12-27-21(24-19)25-20(26)11-10-16-17(22)4-3-5-18(16)23/h3-13H,1-2H3,(H,24,25,26)/b11-10+. The molecule has 2 aromatic carbocycles. The van der Waals surface area contributed by atoms with E-state index in [9.17, 15) is 4.79 Å². The first kappa shape index (κ1) is 19.6. The van der Waals surface area contributed by atoms with Gasteiger partial charge in [0.2, 0.25) is 5.91 Å². The summed E-state index contributed by atoms with van der Waals surface area (Å²) in [5.41, 5.74) is 3.75. The predicted octanol–water partition coefficient (Wildman–Crippen LogP) is 6.89. The molecule has 1 aromatic heterocycles. The van der Waals surface area contributed by atoms with E-state index in [2.05, 4.69) is 48.4 Å². The zero-order valence-electron chi connectivity index (χ0n) is 14.9. The summed E-state index contributed by atoms with van der Waals surface area (Å²) in [6, 6.07) is 13.5. The maximum atomic E-state index is 12.2. The van der Waals surface area contributed by atoms with Crippen molar-refractivity contribution >= 4 is 51.7 Å². The predicted molar refractivity (Wildman–Crippen MR) is 116 cm³/mol. The number of hydrogen-bond acceptors (Lipinski definition) is 3. The largest absolute Gasteiger partial charge is 0.298 e. The SMILES string of the molecule is CC(C)c1ccc(-c2csc(NC(=O)/C=C/c3c(Cl)cccc3Cl)n2)cc1. The molecule has 1 amide bonds. The van der Waals surface area contributed by atoms with Crippen molar-refractivity contribution in [2.75, 3.05) is 5.32 Å². The molecule has 0 saturated carbocycles. The lowest BCUT2D eigenvalue weighted by molar-refractivity contribution is -0.111. The molecule has 0 saturated heterocycles. The van der Waals surface area contributed by atoms with Crippen LogP contribution in [-0.2, 0) is 4.79 Å². The number of hydrogen-bond donors (Lipinski definition) is 1. The summed E-state index contributed by atoms with van der Waals surface area (Å²) >= 11 is 13.6. The van der Waals surface area contributed by atoms with Gasteiger partial charge in [0.05, 0.1) is 5.69 Å². The summed E-state index contributed by atoms with van der Waals surface area (Å²) in [5.74, 6) is 0.199. The van der Waals surface area contributed by atoms with E-state index in [4.69, 9.17) is 23.2 Å². The molecule has 3 rings (SSSR count). The second kappa shape index (κ2) is 8.70. The summed E-state index contributed by atoms with van der Waals surface area (Å²) < 4.78 is 0. The molecule has 6 heteroatoms. The van der Waals surface area contributed by atoms with Crippen LogP contribution in [0.2, 0.25) is 10.0 Å². The van der Waals surface area contributed by atoms with Gasteiger partial charge in [0.15, 0.2) is 5.13 Å². The van der Waals surface area contributed by atoms with Crippen LogP contribution in [0, 0.1) is 0 Å². The molecule has 0 aliphatic heterocycles. The van der Waals surface area contributed by atoms with E-state index in [1.807, 2.05) is 5.38 Å². The van der Waals surface area contributed by atoms with Crippen molar-refractivity contribution < 1.29 is 4.79 Å².